The van der Waals surface area contributed by atoms with Gasteiger partial charge in [-0.25, -0.2) is 0 Å². The molecule has 1 aromatic rings. The van der Waals surface area contributed by atoms with Gasteiger partial charge in [-0.15, -0.1) is 0 Å². The number of hydrogen-bond acceptors (Lipinski definition) is 1. The molecule has 0 saturated carbocycles. The Bertz CT molecular complexity index is 404. The van der Waals surface area contributed by atoms with Gasteiger partial charge < -0.3 is 0 Å². The van der Waals surface area contributed by atoms with Crippen LogP contribution in [0.5, 0.6) is 0 Å². The first kappa shape index (κ1) is 7.53. The number of aryl methyl sites for hydroxylation is 1. The summed E-state index contributed by atoms with van der Waals surface area (Å²) in [5.41, 5.74) is 1.15. The lowest BCUT2D eigenvalue weighted by atomic mass is 9.99. The van der Waals surface area contributed by atoms with Gasteiger partial charge in [-0.05, 0) is 35.8 Å². The summed E-state index contributed by atoms with van der Waals surface area (Å²) in [6, 6.07) is 2.09. The summed E-state index contributed by atoms with van der Waals surface area (Å²) < 4.78 is 0. The minimum absolute atomic E-state index is 0.680. The topological polar surface area (TPSA) is 12.9 Å². The normalized spacial score (nSPS) is 20.7. The summed E-state index contributed by atoms with van der Waals surface area (Å²) in [4.78, 5) is 4.27. The van der Waals surface area contributed by atoms with Crippen LogP contribution in [-0.2, 0) is 0 Å². The van der Waals surface area contributed by atoms with Gasteiger partial charge in [0, 0.05) is 11.9 Å². The third-order valence-corrected chi connectivity index (χ3v) is 2.38. The van der Waals surface area contributed by atoms with Crippen molar-refractivity contribution in [1.29, 1.82) is 0 Å². The van der Waals surface area contributed by atoms with Crippen LogP contribution in [0.3, 0.4) is 0 Å². The summed E-state index contributed by atoms with van der Waals surface area (Å²) in [5, 5.41) is 2.68. The van der Waals surface area contributed by atoms with Crippen LogP contribution in [0.15, 0.2) is 12.3 Å². The fourth-order valence-electron chi connectivity index (χ4n) is 1.69. The SMILES string of the molecule is Cc1nccc2c1=CCC(C)C=2. The minimum atomic E-state index is 0.680. The molecular formula is C11H13N. The Kier molecular flexibility index (Phi) is 1.72. The van der Waals surface area contributed by atoms with Crippen molar-refractivity contribution in [2.24, 2.45) is 5.92 Å². The van der Waals surface area contributed by atoms with E-state index in [0.29, 0.717) is 5.92 Å². The lowest BCUT2D eigenvalue weighted by Gasteiger charge is -2.07. The van der Waals surface area contributed by atoms with Crippen molar-refractivity contribution in [3.05, 3.63) is 28.4 Å². The third-order valence-electron chi connectivity index (χ3n) is 2.38. The highest BCUT2D eigenvalue weighted by Gasteiger charge is 2.02. The monoisotopic (exact) mass is 159 g/mol. The number of fused-ring (bicyclic) bond motifs is 1. The molecule has 62 valence electrons. The number of aromatic nitrogens is 1. The number of rotatable bonds is 0. The Morgan fingerprint density at radius 1 is 1.50 bits per heavy atom. The van der Waals surface area contributed by atoms with Gasteiger partial charge in [0.05, 0.1) is 0 Å². The standard InChI is InChI=1S/C11H13N/c1-8-3-4-11-9(2)12-6-5-10(11)7-8/h4-8H,3H2,1-2H3. The summed E-state index contributed by atoms with van der Waals surface area (Å²) in [6.45, 7) is 4.31. The maximum atomic E-state index is 4.27. The first-order chi connectivity index (χ1) is 5.77. The molecule has 0 N–H and O–H groups in total. The summed E-state index contributed by atoms with van der Waals surface area (Å²) in [7, 11) is 0. The quantitative estimate of drug-likeness (QED) is 0.550. The van der Waals surface area contributed by atoms with Crippen LogP contribution in [-0.4, -0.2) is 4.98 Å². The predicted molar refractivity (Wildman–Crippen MR) is 50.9 cm³/mol. The molecule has 0 spiro atoms. The van der Waals surface area contributed by atoms with Crippen molar-refractivity contribution in [3.8, 4) is 0 Å². The molecule has 1 aliphatic carbocycles. The molecule has 0 amide bonds. The van der Waals surface area contributed by atoms with Crippen molar-refractivity contribution in [2.45, 2.75) is 20.3 Å². The zero-order valence-electron chi connectivity index (χ0n) is 7.54. The smallest absolute Gasteiger partial charge is 0.0447 e. The van der Waals surface area contributed by atoms with Crippen molar-refractivity contribution < 1.29 is 0 Å². The fraction of sp³-hybridized carbons (Fsp3) is 0.364. The molecule has 0 radical (unpaired) electrons. The summed E-state index contributed by atoms with van der Waals surface area (Å²) in [6.07, 6.45) is 7.66. The molecule has 0 aliphatic heterocycles. The van der Waals surface area contributed by atoms with Crippen LogP contribution >= 0.6 is 0 Å². The van der Waals surface area contributed by atoms with Gasteiger partial charge in [0.1, 0.15) is 0 Å². The zero-order chi connectivity index (χ0) is 8.55. The van der Waals surface area contributed by atoms with E-state index in [1.54, 1.807) is 0 Å². The van der Waals surface area contributed by atoms with Gasteiger partial charge in [0.2, 0.25) is 0 Å². The van der Waals surface area contributed by atoms with E-state index in [9.17, 15) is 0 Å². The molecule has 1 heterocycles. The largest absolute Gasteiger partial charge is 0.261 e. The molecule has 0 bridgehead atoms. The van der Waals surface area contributed by atoms with Crippen LogP contribution in [0, 0.1) is 12.8 Å². The second-order valence-corrected chi connectivity index (χ2v) is 3.48. The molecule has 1 nitrogen and oxygen atoms in total. The van der Waals surface area contributed by atoms with E-state index in [-0.39, 0.29) is 0 Å². The van der Waals surface area contributed by atoms with E-state index in [0.717, 1.165) is 12.1 Å². The van der Waals surface area contributed by atoms with Crippen LogP contribution < -0.4 is 10.4 Å². The Morgan fingerprint density at radius 2 is 2.33 bits per heavy atom. The Balaban J connectivity index is 2.78. The average Bonchev–Trinajstić information content (AvgIpc) is 2.04. The second-order valence-electron chi connectivity index (χ2n) is 3.48. The highest BCUT2D eigenvalue weighted by molar-refractivity contribution is 5.40. The van der Waals surface area contributed by atoms with E-state index in [1.165, 1.54) is 10.4 Å². The molecule has 1 heteroatoms. The Hall–Kier alpha value is -1.11. The van der Waals surface area contributed by atoms with Gasteiger partial charge in [-0.2, -0.15) is 0 Å². The average molecular weight is 159 g/mol. The van der Waals surface area contributed by atoms with Gasteiger partial charge in [0.25, 0.3) is 0 Å². The first-order valence-corrected chi connectivity index (χ1v) is 4.41. The second kappa shape index (κ2) is 2.74. The van der Waals surface area contributed by atoms with Gasteiger partial charge >= 0.3 is 0 Å². The van der Waals surface area contributed by atoms with Crippen LogP contribution in [0.2, 0.25) is 0 Å². The van der Waals surface area contributed by atoms with Crippen LogP contribution in [0.1, 0.15) is 19.0 Å². The van der Waals surface area contributed by atoms with Crippen molar-refractivity contribution >= 4 is 12.2 Å². The molecule has 0 fully saturated rings. The summed E-state index contributed by atoms with van der Waals surface area (Å²) >= 11 is 0. The fourth-order valence-corrected chi connectivity index (χ4v) is 1.69. The van der Waals surface area contributed by atoms with E-state index < -0.39 is 0 Å². The Labute approximate surface area is 72.5 Å². The molecule has 1 aliphatic rings. The first-order valence-electron chi connectivity index (χ1n) is 4.41. The molecule has 1 aromatic heterocycles. The minimum Gasteiger partial charge on any atom is -0.261 e. The lowest BCUT2D eigenvalue weighted by molar-refractivity contribution is 0.798. The van der Waals surface area contributed by atoms with Crippen molar-refractivity contribution in [3.63, 3.8) is 0 Å². The number of pyridine rings is 1. The van der Waals surface area contributed by atoms with Gasteiger partial charge in [0.15, 0.2) is 0 Å². The predicted octanol–water partition coefficient (Wildman–Crippen LogP) is 0.991. The van der Waals surface area contributed by atoms with E-state index in [1.807, 2.05) is 6.20 Å². The van der Waals surface area contributed by atoms with E-state index >= 15 is 0 Å². The highest BCUT2D eigenvalue weighted by Crippen LogP contribution is 2.05. The maximum Gasteiger partial charge on any atom is 0.0447 e. The Morgan fingerprint density at radius 3 is 3.17 bits per heavy atom. The van der Waals surface area contributed by atoms with Crippen LogP contribution in [0.25, 0.3) is 12.2 Å². The van der Waals surface area contributed by atoms with Gasteiger partial charge in [-0.1, -0.05) is 19.1 Å². The lowest BCUT2D eigenvalue weighted by Crippen LogP contribution is -2.31. The zero-order valence-corrected chi connectivity index (χ0v) is 7.54. The number of hydrogen-bond donors (Lipinski definition) is 0. The number of nitrogens with zero attached hydrogens (tertiary/aromatic N) is 1. The molecule has 0 aromatic carbocycles. The molecule has 1 atom stereocenters. The van der Waals surface area contributed by atoms with Crippen molar-refractivity contribution in [1.82, 2.24) is 4.98 Å². The maximum absolute atomic E-state index is 4.27. The third kappa shape index (κ3) is 1.15. The molecule has 2 rings (SSSR count). The molecule has 1 unspecified atom stereocenters. The highest BCUT2D eigenvalue weighted by atomic mass is 14.6. The molecule has 12 heavy (non-hydrogen) atoms. The van der Waals surface area contributed by atoms with E-state index in [2.05, 4.69) is 37.0 Å². The van der Waals surface area contributed by atoms with E-state index in [4.69, 9.17) is 0 Å². The summed E-state index contributed by atoms with van der Waals surface area (Å²) in [5.74, 6) is 0.680. The van der Waals surface area contributed by atoms with Crippen molar-refractivity contribution in [2.75, 3.05) is 0 Å². The molecule has 0 saturated heterocycles. The van der Waals surface area contributed by atoms with Crippen LogP contribution in [0.4, 0.5) is 0 Å². The van der Waals surface area contributed by atoms with Gasteiger partial charge in [-0.3, -0.25) is 4.98 Å². The molecular weight excluding hydrogens is 146 g/mol.